The molecule has 0 unspecified atom stereocenters. The fourth-order valence-electron chi connectivity index (χ4n) is 6.16. The van der Waals surface area contributed by atoms with Crippen LogP contribution in [0.4, 0.5) is 33.4 Å². The van der Waals surface area contributed by atoms with E-state index in [-0.39, 0.29) is 28.4 Å². The number of pyridine rings is 1. The number of ether oxygens (including phenoxy) is 7. The van der Waals surface area contributed by atoms with E-state index in [2.05, 4.69) is 31.0 Å². The molecule has 0 spiro atoms. The fourth-order valence-corrected chi connectivity index (χ4v) is 6.71. The molecule has 4 aromatic carbocycles. The molecule has 5 rings (SSSR count). The molecule has 0 saturated carbocycles. The number of carbonyl (C=O) groups is 2. The lowest BCUT2D eigenvalue weighted by molar-refractivity contribution is 0.00415. The Morgan fingerprint density at radius 3 is 2.03 bits per heavy atom. The molecule has 0 fully saturated rings. The minimum absolute atomic E-state index is 0.160. The van der Waals surface area contributed by atoms with Gasteiger partial charge >= 0.3 is 6.03 Å². The van der Waals surface area contributed by atoms with Gasteiger partial charge in [-0.3, -0.25) is 9.52 Å². The van der Waals surface area contributed by atoms with Crippen molar-refractivity contribution in [1.29, 1.82) is 0 Å². The van der Waals surface area contributed by atoms with Crippen LogP contribution >= 0.6 is 0 Å². The van der Waals surface area contributed by atoms with E-state index in [0.29, 0.717) is 98.2 Å². The number of nitrogens with one attached hydrogen (secondary N) is 5. The fraction of sp³-hybridized carbons (Fsp3) is 0.356. The summed E-state index contributed by atoms with van der Waals surface area (Å²) in [4.78, 5) is 31.1. The van der Waals surface area contributed by atoms with Gasteiger partial charge in [0.1, 0.15) is 23.1 Å². The minimum Gasteiger partial charge on any atom is -0.497 e. The van der Waals surface area contributed by atoms with E-state index in [1.807, 2.05) is 45.0 Å². The van der Waals surface area contributed by atoms with Gasteiger partial charge < -0.3 is 54.4 Å². The lowest BCUT2D eigenvalue weighted by atomic mass is 9.86. The van der Waals surface area contributed by atoms with Crippen LogP contribution in [-0.2, 0) is 34.4 Å². The van der Waals surface area contributed by atoms with E-state index >= 15 is 0 Å². The van der Waals surface area contributed by atoms with Crippen molar-refractivity contribution in [3.05, 3.63) is 96.2 Å². The molecular weight excluding hydrogens is 833 g/mol. The Morgan fingerprint density at radius 2 is 1.37 bits per heavy atom. The molecule has 0 radical (unpaired) electrons. The predicted molar refractivity (Wildman–Crippen MR) is 244 cm³/mol. The number of methoxy groups -OCH3 is 3. The third-order valence-corrected chi connectivity index (χ3v) is 9.77. The zero-order valence-corrected chi connectivity index (χ0v) is 37.4. The highest BCUT2D eigenvalue weighted by atomic mass is 32.2. The van der Waals surface area contributed by atoms with Gasteiger partial charge in [-0.05, 0) is 53.4 Å². The maximum absolute atomic E-state index is 13.5. The second kappa shape index (κ2) is 22.8. The summed E-state index contributed by atoms with van der Waals surface area (Å²) in [6.07, 6.45) is 2.64. The number of carbonyl (C=O) groups excluding carboxylic acids is 2. The summed E-state index contributed by atoms with van der Waals surface area (Å²) in [5.41, 5.74) is 2.32. The molecule has 0 atom stereocenters. The number of sulfonamides is 1. The summed E-state index contributed by atoms with van der Waals surface area (Å²) in [6, 6.07) is 22.3. The highest BCUT2D eigenvalue weighted by Crippen LogP contribution is 2.40. The minimum atomic E-state index is -3.65. The number of hydrogen-bond acceptors (Lipinski definition) is 13. The number of aromatic nitrogens is 1. The van der Waals surface area contributed by atoms with Gasteiger partial charge in [0.05, 0.1) is 83.8 Å². The van der Waals surface area contributed by atoms with Gasteiger partial charge in [0.2, 0.25) is 10.0 Å². The van der Waals surface area contributed by atoms with Crippen molar-refractivity contribution < 1.29 is 51.2 Å². The Kier molecular flexibility index (Phi) is 17.3. The molecule has 17 nitrogen and oxygen atoms in total. The van der Waals surface area contributed by atoms with E-state index in [1.54, 1.807) is 67.9 Å². The summed E-state index contributed by atoms with van der Waals surface area (Å²) in [7, 11) is 0.886. The lowest BCUT2D eigenvalue weighted by Crippen LogP contribution is -2.27. The van der Waals surface area contributed by atoms with Crippen LogP contribution in [0.2, 0.25) is 0 Å². The van der Waals surface area contributed by atoms with E-state index < -0.39 is 16.1 Å². The van der Waals surface area contributed by atoms with Crippen LogP contribution in [0.25, 0.3) is 10.8 Å². The summed E-state index contributed by atoms with van der Waals surface area (Å²) in [5, 5.41) is 13.3. The van der Waals surface area contributed by atoms with Crippen LogP contribution in [0.5, 0.6) is 23.0 Å². The number of amides is 3. The van der Waals surface area contributed by atoms with Gasteiger partial charge in [-0.1, -0.05) is 45.0 Å². The maximum Gasteiger partial charge on any atom is 0.323 e. The number of benzene rings is 4. The van der Waals surface area contributed by atoms with E-state index in [4.69, 9.17) is 33.2 Å². The topological polar surface area (TPSA) is 206 Å². The Labute approximate surface area is 368 Å². The van der Waals surface area contributed by atoms with Crippen molar-refractivity contribution in [2.75, 3.05) is 101 Å². The highest BCUT2D eigenvalue weighted by Gasteiger charge is 2.23. The second-order valence-corrected chi connectivity index (χ2v) is 16.9. The van der Waals surface area contributed by atoms with Gasteiger partial charge in [-0.2, -0.15) is 0 Å². The van der Waals surface area contributed by atoms with Crippen LogP contribution in [0.1, 0.15) is 36.7 Å². The van der Waals surface area contributed by atoms with E-state index in [0.717, 1.165) is 17.2 Å². The van der Waals surface area contributed by atoms with Gasteiger partial charge in [-0.15, -0.1) is 0 Å². The summed E-state index contributed by atoms with van der Waals surface area (Å²) in [6.45, 7) is 9.34. The molecule has 63 heavy (non-hydrogen) atoms. The Morgan fingerprint density at radius 1 is 0.698 bits per heavy atom. The van der Waals surface area contributed by atoms with Gasteiger partial charge in [0.25, 0.3) is 5.91 Å². The van der Waals surface area contributed by atoms with E-state index in [1.165, 1.54) is 14.2 Å². The van der Waals surface area contributed by atoms with E-state index in [9.17, 15) is 18.0 Å². The van der Waals surface area contributed by atoms with Crippen molar-refractivity contribution in [1.82, 2.24) is 10.3 Å². The molecule has 0 saturated heterocycles. The predicted octanol–water partition coefficient (Wildman–Crippen LogP) is 7.53. The first-order valence-electron chi connectivity index (χ1n) is 20.1. The van der Waals surface area contributed by atoms with Crippen LogP contribution in [0.3, 0.4) is 0 Å². The first kappa shape index (κ1) is 47.9. The average Bonchev–Trinajstić information content (AvgIpc) is 3.24. The molecule has 5 aromatic rings. The first-order valence-corrected chi connectivity index (χ1v) is 22.0. The number of hydrogen-bond donors (Lipinski definition) is 5. The normalized spacial score (nSPS) is 11.5. The van der Waals surface area contributed by atoms with Crippen molar-refractivity contribution in [3.63, 3.8) is 0 Å². The molecular formula is C45H56N6O11S. The van der Waals surface area contributed by atoms with Crippen molar-refractivity contribution in [2.45, 2.75) is 26.2 Å². The Hall–Kier alpha value is -6.18. The summed E-state index contributed by atoms with van der Waals surface area (Å²) >= 11 is 0. The number of anilines is 5. The number of nitrogens with zero attached hydrogens (tertiary/aromatic N) is 1. The third-order valence-electron chi connectivity index (χ3n) is 9.18. The standard InChI is InChI=1S/C45H56N6O11S/c1-45(2,3)31-26-38(42(58-6)39(27-31)51-63(7,54)55)50-44(53)49-37-12-13-40(36-11-9-8-10-35(36)37)62-33-14-15-46-41(29-33)48-32-24-30(25-34(28-32)57-5)43(52)47-16-17-59-20-21-61-23-22-60-19-18-56-4/h8-15,24-29,51H,16-23H2,1-7H3,(H,46,48)(H,47,52)(H2,49,50,53). The molecule has 1 heterocycles. The monoisotopic (exact) mass is 888 g/mol. The summed E-state index contributed by atoms with van der Waals surface area (Å²) < 4.78 is 65.6. The van der Waals surface area contributed by atoms with Crippen LogP contribution in [0.15, 0.2) is 85.1 Å². The Bertz CT molecular complexity index is 2440. The third kappa shape index (κ3) is 14.7. The van der Waals surface area contributed by atoms with Gasteiger partial charge in [-0.25, -0.2) is 18.2 Å². The molecule has 0 aliphatic heterocycles. The zero-order valence-electron chi connectivity index (χ0n) is 36.6. The first-order chi connectivity index (χ1) is 30.2. The molecule has 18 heteroatoms. The number of urea groups is 1. The molecule has 0 aliphatic carbocycles. The Balaban J connectivity index is 1.22. The molecule has 5 N–H and O–H groups in total. The quantitative estimate of drug-likeness (QED) is 0.0403. The smallest absolute Gasteiger partial charge is 0.323 e. The van der Waals surface area contributed by atoms with Crippen molar-refractivity contribution in [3.8, 4) is 23.0 Å². The summed E-state index contributed by atoms with van der Waals surface area (Å²) in [5.74, 6) is 1.77. The average molecular weight is 889 g/mol. The molecule has 338 valence electrons. The number of fused-ring (bicyclic) bond motifs is 1. The molecule has 3 amide bonds. The van der Waals surface area contributed by atoms with Gasteiger partial charge in [0.15, 0.2) is 5.75 Å². The number of rotatable bonds is 23. The van der Waals surface area contributed by atoms with Gasteiger partial charge in [0, 0.05) is 54.0 Å². The largest absolute Gasteiger partial charge is 0.497 e. The lowest BCUT2D eigenvalue weighted by Gasteiger charge is -2.24. The molecule has 1 aromatic heterocycles. The molecule has 0 bridgehead atoms. The van der Waals surface area contributed by atoms with Crippen LogP contribution in [0, 0.1) is 0 Å². The highest BCUT2D eigenvalue weighted by molar-refractivity contribution is 7.92. The van der Waals surface area contributed by atoms with Crippen molar-refractivity contribution in [2.24, 2.45) is 0 Å². The van der Waals surface area contributed by atoms with Crippen molar-refractivity contribution >= 4 is 61.3 Å². The maximum atomic E-state index is 13.5. The molecule has 0 aliphatic rings. The SMILES string of the molecule is COCCOCCOCCOCCNC(=O)c1cc(Nc2cc(Oc3ccc(NC(=O)Nc4cc(C(C)(C)C)cc(NS(C)(=O)=O)c4OC)c4ccccc34)ccn2)cc(OC)c1. The van der Waals surface area contributed by atoms with Crippen LogP contribution in [-0.4, -0.2) is 106 Å². The zero-order chi connectivity index (χ0) is 45.4. The second-order valence-electron chi connectivity index (χ2n) is 15.1. The van der Waals surface area contributed by atoms with Crippen LogP contribution < -0.4 is 40.2 Å².